The third-order valence-electron chi connectivity index (χ3n) is 3.59. The summed E-state index contributed by atoms with van der Waals surface area (Å²) < 4.78 is 38.5. The highest BCUT2D eigenvalue weighted by Crippen LogP contribution is 2.41. The van der Waals surface area contributed by atoms with Crippen LogP contribution in [-0.4, -0.2) is 23.1 Å². The molecule has 1 fully saturated rings. The lowest BCUT2D eigenvalue weighted by Gasteiger charge is -2.23. The fraction of sp³-hybridized carbons (Fsp3) is 0.312. The molecule has 7 heteroatoms. The molecule has 122 valence electrons. The number of benzene rings is 1. The Kier molecular flexibility index (Phi) is 4.42. The Morgan fingerprint density at radius 3 is 2.70 bits per heavy atom. The standard InChI is InChI=1S/C16H14F3NOS2/c1-10-5-6-13(23-10)15-20(7-8-22-15)14(21)11-3-2-4-12(9-11)16(17,18)19/h2-6,9,15H,7-8H2,1H3/t15-/m0/s1. The first-order chi connectivity index (χ1) is 10.9. The van der Waals surface area contributed by atoms with Crippen molar-refractivity contribution in [2.45, 2.75) is 18.5 Å². The van der Waals surface area contributed by atoms with Gasteiger partial charge in [0.15, 0.2) is 0 Å². The molecule has 0 radical (unpaired) electrons. The van der Waals surface area contributed by atoms with Crippen LogP contribution in [0.2, 0.25) is 0 Å². The number of carbonyl (C=O) groups is 1. The molecule has 0 unspecified atom stereocenters. The molecule has 1 saturated heterocycles. The van der Waals surface area contributed by atoms with Crippen LogP contribution in [-0.2, 0) is 6.18 Å². The molecule has 23 heavy (non-hydrogen) atoms. The van der Waals surface area contributed by atoms with Crippen LogP contribution in [0.5, 0.6) is 0 Å². The van der Waals surface area contributed by atoms with Gasteiger partial charge in [0.25, 0.3) is 5.91 Å². The van der Waals surface area contributed by atoms with E-state index in [-0.39, 0.29) is 16.8 Å². The molecule has 2 heterocycles. The molecular weight excluding hydrogens is 343 g/mol. The topological polar surface area (TPSA) is 20.3 Å². The number of alkyl halides is 3. The number of thiophene rings is 1. The van der Waals surface area contributed by atoms with Crippen molar-refractivity contribution in [2.24, 2.45) is 0 Å². The predicted octanol–water partition coefficient (Wildman–Crippen LogP) is 4.96. The third kappa shape index (κ3) is 3.40. The summed E-state index contributed by atoms with van der Waals surface area (Å²) in [7, 11) is 0. The molecule has 2 nitrogen and oxygen atoms in total. The van der Waals surface area contributed by atoms with Crippen molar-refractivity contribution in [2.75, 3.05) is 12.3 Å². The van der Waals surface area contributed by atoms with E-state index in [0.29, 0.717) is 6.54 Å². The second-order valence-electron chi connectivity index (χ2n) is 5.25. The number of aryl methyl sites for hydroxylation is 1. The summed E-state index contributed by atoms with van der Waals surface area (Å²) >= 11 is 3.26. The van der Waals surface area contributed by atoms with Gasteiger partial charge in [0, 0.05) is 27.6 Å². The van der Waals surface area contributed by atoms with Gasteiger partial charge in [-0.25, -0.2) is 0 Å². The average Bonchev–Trinajstić information content (AvgIpc) is 3.14. The number of rotatable bonds is 2. The van der Waals surface area contributed by atoms with Gasteiger partial charge in [-0.3, -0.25) is 4.79 Å². The molecular formula is C16H14F3NOS2. The van der Waals surface area contributed by atoms with Crippen molar-refractivity contribution in [3.8, 4) is 0 Å². The van der Waals surface area contributed by atoms with Crippen LogP contribution >= 0.6 is 23.1 Å². The van der Waals surface area contributed by atoms with E-state index in [1.807, 2.05) is 19.1 Å². The van der Waals surface area contributed by atoms with Crippen molar-refractivity contribution >= 4 is 29.0 Å². The molecule has 1 atom stereocenters. The Labute approximate surface area is 140 Å². The van der Waals surface area contributed by atoms with Crippen LogP contribution < -0.4 is 0 Å². The number of halogens is 3. The molecule has 1 aromatic carbocycles. The zero-order chi connectivity index (χ0) is 16.6. The highest BCUT2D eigenvalue weighted by atomic mass is 32.2. The first-order valence-corrected chi connectivity index (χ1v) is 8.89. The van der Waals surface area contributed by atoms with Crippen molar-refractivity contribution in [1.82, 2.24) is 4.90 Å². The fourth-order valence-electron chi connectivity index (χ4n) is 2.49. The normalized spacial score (nSPS) is 18.4. The maximum atomic E-state index is 12.8. The monoisotopic (exact) mass is 357 g/mol. The summed E-state index contributed by atoms with van der Waals surface area (Å²) in [6, 6.07) is 8.61. The van der Waals surface area contributed by atoms with E-state index in [1.54, 1.807) is 28.0 Å². The van der Waals surface area contributed by atoms with Crippen LogP contribution in [0.15, 0.2) is 36.4 Å². The third-order valence-corrected chi connectivity index (χ3v) is 6.04. The summed E-state index contributed by atoms with van der Waals surface area (Å²) in [4.78, 5) is 16.5. The Morgan fingerprint density at radius 2 is 2.04 bits per heavy atom. The molecule has 0 aliphatic carbocycles. The number of hydrogen-bond donors (Lipinski definition) is 0. The van der Waals surface area contributed by atoms with Gasteiger partial charge in [0.2, 0.25) is 0 Å². The van der Waals surface area contributed by atoms with Crippen molar-refractivity contribution in [1.29, 1.82) is 0 Å². The summed E-state index contributed by atoms with van der Waals surface area (Å²) in [5.41, 5.74) is -0.709. The quantitative estimate of drug-likeness (QED) is 0.757. The van der Waals surface area contributed by atoms with E-state index in [0.717, 1.165) is 27.6 Å². The Hall–Kier alpha value is -1.47. The van der Waals surface area contributed by atoms with Gasteiger partial charge in [0.05, 0.1) is 5.56 Å². The van der Waals surface area contributed by atoms with Crippen LogP contribution in [0.4, 0.5) is 13.2 Å². The summed E-state index contributed by atoms with van der Waals surface area (Å²) in [6.45, 7) is 2.54. The lowest BCUT2D eigenvalue weighted by atomic mass is 10.1. The zero-order valence-corrected chi connectivity index (χ0v) is 13.9. The summed E-state index contributed by atoms with van der Waals surface area (Å²) in [5, 5.41) is -0.115. The van der Waals surface area contributed by atoms with Crippen molar-refractivity contribution in [3.63, 3.8) is 0 Å². The minimum atomic E-state index is -4.44. The first kappa shape index (κ1) is 16.4. The average molecular weight is 357 g/mol. The molecule has 1 amide bonds. The Morgan fingerprint density at radius 1 is 1.26 bits per heavy atom. The first-order valence-electron chi connectivity index (χ1n) is 7.02. The lowest BCUT2D eigenvalue weighted by molar-refractivity contribution is -0.137. The highest BCUT2D eigenvalue weighted by Gasteiger charge is 2.34. The largest absolute Gasteiger partial charge is 0.416 e. The van der Waals surface area contributed by atoms with Gasteiger partial charge in [-0.2, -0.15) is 13.2 Å². The van der Waals surface area contributed by atoms with E-state index in [4.69, 9.17) is 0 Å². The SMILES string of the molecule is Cc1ccc([C@@H]2SCCN2C(=O)c2cccc(C(F)(F)F)c2)s1. The van der Waals surface area contributed by atoms with Crippen molar-refractivity contribution < 1.29 is 18.0 Å². The lowest BCUT2D eigenvalue weighted by Crippen LogP contribution is -2.30. The molecule has 0 saturated carbocycles. The van der Waals surface area contributed by atoms with Gasteiger partial charge in [-0.1, -0.05) is 6.07 Å². The Balaban J connectivity index is 1.87. The van der Waals surface area contributed by atoms with E-state index < -0.39 is 11.7 Å². The number of hydrogen-bond acceptors (Lipinski definition) is 3. The van der Waals surface area contributed by atoms with Crippen molar-refractivity contribution in [3.05, 3.63) is 57.3 Å². The number of carbonyl (C=O) groups excluding carboxylic acids is 1. The number of nitrogens with zero attached hydrogens (tertiary/aromatic N) is 1. The Bertz CT molecular complexity index is 726. The van der Waals surface area contributed by atoms with Crippen LogP contribution in [0, 0.1) is 6.92 Å². The molecule has 1 aliphatic rings. The van der Waals surface area contributed by atoms with Gasteiger partial charge in [-0.15, -0.1) is 23.1 Å². The van der Waals surface area contributed by atoms with Crippen LogP contribution in [0.25, 0.3) is 0 Å². The summed E-state index contributed by atoms with van der Waals surface area (Å²) in [6.07, 6.45) is -4.44. The van der Waals surface area contributed by atoms with Gasteiger partial charge >= 0.3 is 6.18 Å². The minimum absolute atomic E-state index is 0.0839. The van der Waals surface area contributed by atoms with Crippen LogP contribution in [0.1, 0.15) is 31.0 Å². The molecule has 0 bridgehead atoms. The highest BCUT2D eigenvalue weighted by molar-refractivity contribution is 7.99. The van der Waals surface area contributed by atoms with Gasteiger partial charge < -0.3 is 4.90 Å². The van der Waals surface area contributed by atoms with E-state index in [2.05, 4.69) is 0 Å². The smallest absolute Gasteiger partial charge is 0.321 e. The van der Waals surface area contributed by atoms with Gasteiger partial charge in [-0.05, 0) is 37.3 Å². The van der Waals surface area contributed by atoms with Crippen LogP contribution in [0.3, 0.4) is 0 Å². The maximum absolute atomic E-state index is 12.8. The molecule has 2 aromatic rings. The maximum Gasteiger partial charge on any atom is 0.416 e. The molecule has 3 rings (SSSR count). The number of thioether (sulfide) groups is 1. The number of amides is 1. The van der Waals surface area contributed by atoms with E-state index >= 15 is 0 Å². The van der Waals surface area contributed by atoms with E-state index in [9.17, 15) is 18.0 Å². The van der Waals surface area contributed by atoms with Gasteiger partial charge in [0.1, 0.15) is 5.37 Å². The zero-order valence-electron chi connectivity index (χ0n) is 12.3. The van der Waals surface area contributed by atoms with E-state index in [1.165, 1.54) is 12.1 Å². The second kappa shape index (κ2) is 6.20. The molecule has 1 aliphatic heterocycles. The molecule has 1 aromatic heterocycles. The summed E-state index contributed by atoms with van der Waals surface area (Å²) in [5.74, 6) is 0.434. The second-order valence-corrected chi connectivity index (χ2v) is 7.76. The minimum Gasteiger partial charge on any atom is -0.321 e. The predicted molar refractivity (Wildman–Crippen MR) is 86.7 cm³/mol. The fourth-order valence-corrected chi connectivity index (χ4v) is 4.86. The molecule has 0 spiro atoms. The molecule has 0 N–H and O–H groups in total.